The fourth-order valence-electron chi connectivity index (χ4n) is 1.50. The monoisotopic (exact) mass is 244 g/mol. The largest absolute Gasteiger partial charge is 0.444 e. The van der Waals surface area contributed by atoms with Crippen LogP contribution in [0.2, 0.25) is 0 Å². The minimum Gasteiger partial charge on any atom is -0.444 e. The molecule has 0 saturated carbocycles. The molecule has 0 aromatic carbocycles. The number of hydrogen-bond acceptors (Lipinski definition) is 4. The van der Waals surface area contributed by atoms with Crippen molar-refractivity contribution in [2.24, 2.45) is 0 Å². The van der Waals surface area contributed by atoms with Gasteiger partial charge in [-0.1, -0.05) is 0 Å². The van der Waals surface area contributed by atoms with Gasteiger partial charge in [0.05, 0.1) is 6.10 Å². The summed E-state index contributed by atoms with van der Waals surface area (Å²) in [6.45, 7) is 9.87. The third-order valence-corrected chi connectivity index (χ3v) is 2.63. The van der Waals surface area contributed by atoms with Crippen molar-refractivity contribution in [3.05, 3.63) is 0 Å². The lowest BCUT2D eigenvalue weighted by Crippen LogP contribution is -2.61. The summed E-state index contributed by atoms with van der Waals surface area (Å²) in [5.41, 5.74) is -0.417. The Morgan fingerprint density at radius 2 is 2.06 bits per heavy atom. The number of nitrogens with zero attached hydrogens (tertiary/aromatic N) is 1. The maximum atomic E-state index is 11.6. The van der Waals surface area contributed by atoms with Crippen molar-refractivity contribution in [2.75, 3.05) is 26.7 Å². The normalized spacial score (nSPS) is 18.8. The van der Waals surface area contributed by atoms with Gasteiger partial charge in [0.15, 0.2) is 0 Å². The van der Waals surface area contributed by atoms with E-state index in [0.717, 1.165) is 6.54 Å². The molecule has 1 heterocycles. The second-order valence-corrected chi connectivity index (χ2v) is 5.54. The first-order valence-electron chi connectivity index (χ1n) is 6.06. The minimum absolute atomic E-state index is 0.200. The van der Waals surface area contributed by atoms with Crippen molar-refractivity contribution in [3.63, 3.8) is 0 Å². The number of rotatable bonds is 4. The van der Waals surface area contributed by atoms with E-state index in [4.69, 9.17) is 9.47 Å². The Balaban J connectivity index is 2.16. The molecule has 5 nitrogen and oxygen atoms in total. The molecule has 1 atom stereocenters. The zero-order valence-electron chi connectivity index (χ0n) is 11.4. The summed E-state index contributed by atoms with van der Waals surface area (Å²) >= 11 is 0. The maximum Gasteiger partial charge on any atom is 0.410 e. The second kappa shape index (κ2) is 5.69. The Morgan fingerprint density at radius 1 is 1.47 bits per heavy atom. The molecule has 100 valence electrons. The first-order valence-corrected chi connectivity index (χ1v) is 6.06. The van der Waals surface area contributed by atoms with E-state index in [1.807, 2.05) is 27.7 Å². The fraction of sp³-hybridized carbons (Fsp3) is 0.917. The molecule has 1 aliphatic rings. The molecular formula is C12H24N2O3. The van der Waals surface area contributed by atoms with Gasteiger partial charge in [-0.25, -0.2) is 4.79 Å². The van der Waals surface area contributed by atoms with E-state index >= 15 is 0 Å². The molecular weight excluding hydrogens is 220 g/mol. The van der Waals surface area contributed by atoms with Crippen molar-refractivity contribution in [2.45, 2.75) is 45.4 Å². The molecule has 1 aliphatic heterocycles. The smallest absolute Gasteiger partial charge is 0.410 e. The number of carbonyl (C=O) groups excluding carboxylic acids is 1. The summed E-state index contributed by atoms with van der Waals surface area (Å²) < 4.78 is 10.4. The van der Waals surface area contributed by atoms with Crippen LogP contribution in [-0.4, -0.2) is 55.5 Å². The summed E-state index contributed by atoms with van der Waals surface area (Å²) in [6.07, 6.45) is -0.0269. The Labute approximate surface area is 103 Å². The Kier molecular flexibility index (Phi) is 4.77. The number of amides is 1. The quantitative estimate of drug-likeness (QED) is 0.808. The summed E-state index contributed by atoms with van der Waals surface area (Å²) in [6, 6.07) is 0.361. The molecule has 0 radical (unpaired) electrons. The Hall–Kier alpha value is -0.810. The number of nitrogens with one attached hydrogen (secondary N) is 1. The molecule has 5 heteroatoms. The molecule has 1 amide bonds. The van der Waals surface area contributed by atoms with Crippen LogP contribution in [0.1, 0.15) is 27.7 Å². The number of ether oxygens (including phenoxy) is 2. The number of methoxy groups -OCH3 is 1. The first-order chi connectivity index (χ1) is 7.81. The number of likely N-dealkylation sites (tertiary alicyclic amines) is 1. The van der Waals surface area contributed by atoms with Crippen molar-refractivity contribution in [3.8, 4) is 0 Å². The van der Waals surface area contributed by atoms with Crippen LogP contribution in [-0.2, 0) is 9.47 Å². The Morgan fingerprint density at radius 3 is 2.53 bits per heavy atom. The van der Waals surface area contributed by atoms with E-state index in [9.17, 15) is 4.79 Å². The first kappa shape index (κ1) is 14.3. The highest BCUT2D eigenvalue weighted by Crippen LogP contribution is 2.15. The van der Waals surface area contributed by atoms with Crippen LogP contribution < -0.4 is 5.32 Å². The van der Waals surface area contributed by atoms with Gasteiger partial charge in [0.1, 0.15) is 5.60 Å². The highest BCUT2D eigenvalue weighted by Gasteiger charge is 2.33. The van der Waals surface area contributed by atoms with Gasteiger partial charge in [-0.3, -0.25) is 0 Å². The highest BCUT2D eigenvalue weighted by molar-refractivity contribution is 5.69. The van der Waals surface area contributed by atoms with Crippen LogP contribution in [0.5, 0.6) is 0 Å². The van der Waals surface area contributed by atoms with E-state index in [2.05, 4.69) is 5.32 Å². The third kappa shape index (κ3) is 4.91. The predicted molar refractivity (Wildman–Crippen MR) is 66.1 cm³/mol. The number of carbonyl (C=O) groups is 1. The van der Waals surface area contributed by atoms with Crippen molar-refractivity contribution in [1.29, 1.82) is 0 Å². The number of hydrogen-bond donors (Lipinski definition) is 1. The molecule has 1 N–H and O–H groups in total. The van der Waals surface area contributed by atoms with Gasteiger partial charge < -0.3 is 19.7 Å². The van der Waals surface area contributed by atoms with E-state index in [0.29, 0.717) is 19.1 Å². The second-order valence-electron chi connectivity index (χ2n) is 5.54. The lowest BCUT2D eigenvalue weighted by molar-refractivity contribution is 0.00378. The van der Waals surface area contributed by atoms with Gasteiger partial charge in [-0.05, 0) is 27.7 Å². The molecule has 0 aromatic heterocycles. The average Bonchev–Trinajstić information content (AvgIpc) is 2.11. The topological polar surface area (TPSA) is 50.8 Å². The maximum absolute atomic E-state index is 11.6. The van der Waals surface area contributed by atoms with E-state index in [1.54, 1.807) is 12.0 Å². The van der Waals surface area contributed by atoms with Gasteiger partial charge in [-0.15, -0.1) is 0 Å². The predicted octanol–water partition coefficient (Wildman–Crippen LogP) is 1.23. The minimum atomic E-state index is -0.417. The Bertz CT molecular complexity index is 257. The molecule has 1 rings (SSSR count). The molecule has 0 aliphatic carbocycles. The van der Waals surface area contributed by atoms with E-state index in [1.165, 1.54) is 0 Å². The lowest BCUT2D eigenvalue weighted by atomic mass is 10.1. The van der Waals surface area contributed by atoms with Crippen LogP contribution in [0.4, 0.5) is 4.79 Å². The zero-order valence-corrected chi connectivity index (χ0v) is 11.4. The van der Waals surface area contributed by atoms with Gasteiger partial charge >= 0.3 is 6.09 Å². The van der Waals surface area contributed by atoms with E-state index < -0.39 is 5.60 Å². The standard InChI is InChI=1S/C12H24N2O3/c1-9(16-5)6-13-10-7-14(8-10)11(15)17-12(2,3)4/h9-10,13H,6-8H2,1-5H3. The van der Waals surface area contributed by atoms with Gasteiger partial charge in [0, 0.05) is 32.8 Å². The van der Waals surface area contributed by atoms with Gasteiger partial charge in [0.2, 0.25) is 0 Å². The van der Waals surface area contributed by atoms with Crippen LogP contribution in [0, 0.1) is 0 Å². The highest BCUT2D eigenvalue weighted by atomic mass is 16.6. The summed E-state index contributed by atoms with van der Waals surface area (Å²) in [4.78, 5) is 13.3. The molecule has 1 saturated heterocycles. The third-order valence-electron chi connectivity index (χ3n) is 2.63. The molecule has 17 heavy (non-hydrogen) atoms. The van der Waals surface area contributed by atoms with Gasteiger partial charge in [-0.2, -0.15) is 0 Å². The lowest BCUT2D eigenvalue weighted by Gasteiger charge is -2.40. The average molecular weight is 244 g/mol. The van der Waals surface area contributed by atoms with Crippen molar-refractivity contribution < 1.29 is 14.3 Å². The van der Waals surface area contributed by atoms with Gasteiger partial charge in [0.25, 0.3) is 0 Å². The van der Waals surface area contributed by atoms with Crippen LogP contribution in [0.25, 0.3) is 0 Å². The van der Waals surface area contributed by atoms with Crippen LogP contribution in [0.15, 0.2) is 0 Å². The molecule has 0 bridgehead atoms. The molecule has 1 fully saturated rings. The van der Waals surface area contributed by atoms with E-state index in [-0.39, 0.29) is 12.2 Å². The summed E-state index contributed by atoms with van der Waals surface area (Å²) in [5, 5.41) is 3.34. The van der Waals surface area contributed by atoms with Crippen LogP contribution >= 0.6 is 0 Å². The molecule has 0 spiro atoms. The van der Waals surface area contributed by atoms with Crippen molar-refractivity contribution >= 4 is 6.09 Å². The summed E-state index contributed by atoms with van der Waals surface area (Å²) in [5.74, 6) is 0. The zero-order chi connectivity index (χ0) is 13.1. The summed E-state index contributed by atoms with van der Waals surface area (Å²) in [7, 11) is 1.69. The SMILES string of the molecule is COC(C)CNC1CN(C(=O)OC(C)(C)C)C1. The van der Waals surface area contributed by atoms with Crippen LogP contribution in [0.3, 0.4) is 0 Å². The van der Waals surface area contributed by atoms with Crippen molar-refractivity contribution in [1.82, 2.24) is 10.2 Å². The fourth-order valence-corrected chi connectivity index (χ4v) is 1.50. The molecule has 0 aromatic rings. The molecule has 1 unspecified atom stereocenters.